The Morgan fingerprint density at radius 2 is 0.603 bits per heavy atom. The van der Waals surface area contributed by atoms with Gasteiger partial charge in [0.05, 0.1) is 0 Å². The number of nitrogens with zero attached hydrogens (tertiary/aromatic N) is 3. The third-order valence-corrected chi connectivity index (χ3v) is 12.6. The minimum atomic E-state index is -0.0591. The van der Waals surface area contributed by atoms with Gasteiger partial charge in [-0.15, -0.1) is 0 Å². The van der Waals surface area contributed by atoms with Crippen LogP contribution in [0.15, 0.2) is 224 Å². The van der Waals surface area contributed by atoms with E-state index in [0.29, 0.717) is 17.5 Å². The molecule has 10 aromatic rings. The van der Waals surface area contributed by atoms with Crippen LogP contribution < -0.4 is 0 Å². The Hall–Kier alpha value is -8.01. The zero-order chi connectivity index (χ0) is 42.3. The topological polar surface area (TPSA) is 38.7 Å². The molecule has 0 radical (unpaired) electrons. The fraction of sp³-hybridized carbons (Fsp3) is 0.0500. The van der Waals surface area contributed by atoms with Gasteiger partial charge in [0, 0.05) is 22.1 Å². The molecule has 0 N–H and O–H groups in total. The van der Waals surface area contributed by atoms with E-state index in [2.05, 4.69) is 178 Å². The van der Waals surface area contributed by atoms with Crippen LogP contribution >= 0.6 is 0 Å². The zero-order valence-corrected chi connectivity index (χ0v) is 35.2. The molecule has 1 aliphatic rings. The van der Waals surface area contributed by atoms with E-state index in [0.717, 1.165) is 33.4 Å². The lowest BCUT2D eigenvalue weighted by Gasteiger charge is -2.22. The summed E-state index contributed by atoms with van der Waals surface area (Å²) >= 11 is 0. The highest BCUT2D eigenvalue weighted by molar-refractivity contribution is 5.99. The van der Waals surface area contributed by atoms with Gasteiger partial charge in [0.25, 0.3) is 0 Å². The normalized spacial score (nSPS) is 12.4. The first-order chi connectivity index (χ1) is 31.0. The average Bonchev–Trinajstić information content (AvgIpc) is 3.59. The summed E-state index contributed by atoms with van der Waals surface area (Å²) in [6.07, 6.45) is 0. The Kier molecular flexibility index (Phi) is 9.51. The second kappa shape index (κ2) is 15.8. The lowest BCUT2D eigenvalue weighted by Crippen LogP contribution is -2.14. The van der Waals surface area contributed by atoms with Crippen molar-refractivity contribution < 1.29 is 0 Å². The van der Waals surface area contributed by atoms with Crippen molar-refractivity contribution in [2.75, 3.05) is 0 Å². The Morgan fingerprint density at radius 3 is 1.14 bits per heavy atom. The van der Waals surface area contributed by atoms with Gasteiger partial charge in [-0.05, 0) is 96.1 Å². The quantitative estimate of drug-likeness (QED) is 0.154. The van der Waals surface area contributed by atoms with Crippen LogP contribution in [-0.4, -0.2) is 15.0 Å². The van der Waals surface area contributed by atoms with Crippen molar-refractivity contribution >= 4 is 0 Å². The summed E-state index contributed by atoms with van der Waals surface area (Å²) in [5.41, 5.74) is 20.0. The van der Waals surface area contributed by atoms with E-state index in [-0.39, 0.29) is 5.41 Å². The van der Waals surface area contributed by atoms with Gasteiger partial charge in [-0.3, -0.25) is 0 Å². The standard InChI is InChI=1S/C60H43N3/c1-60(2)54-26-16-15-25-50(54)53-37-48(35-36-55(53)60)52-39-49(40-17-7-3-8-18-40)38-51(56(52)44-19-9-4-10-20-44)43-31-27-41(28-32-43)42-29-33-47(34-30-42)59-62-57(45-21-11-5-12-22-45)61-58(63-59)46-23-13-6-14-24-46/h3-39H,1-2H3. The minimum Gasteiger partial charge on any atom is -0.208 e. The number of aromatic nitrogens is 3. The van der Waals surface area contributed by atoms with Crippen LogP contribution in [0.2, 0.25) is 0 Å². The maximum absolute atomic E-state index is 4.95. The summed E-state index contributed by atoms with van der Waals surface area (Å²) in [7, 11) is 0. The summed E-state index contributed by atoms with van der Waals surface area (Å²) in [4.78, 5) is 14.8. The largest absolute Gasteiger partial charge is 0.208 e. The van der Waals surface area contributed by atoms with Gasteiger partial charge >= 0.3 is 0 Å². The molecule has 0 saturated carbocycles. The molecule has 0 unspecified atom stereocenters. The molecular formula is C60H43N3. The van der Waals surface area contributed by atoms with E-state index >= 15 is 0 Å². The average molecular weight is 806 g/mol. The maximum Gasteiger partial charge on any atom is 0.164 e. The molecule has 1 aromatic heterocycles. The second-order valence-corrected chi connectivity index (χ2v) is 16.8. The molecule has 0 atom stereocenters. The number of hydrogen-bond acceptors (Lipinski definition) is 3. The van der Waals surface area contributed by atoms with Crippen molar-refractivity contribution in [3.63, 3.8) is 0 Å². The van der Waals surface area contributed by atoms with Gasteiger partial charge in [-0.2, -0.15) is 0 Å². The third-order valence-electron chi connectivity index (χ3n) is 12.6. The number of rotatable bonds is 8. The lowest BCUT2D eigenvalue weighted by atomic mass is 9.81. The van der Waals surface area contributed by atoms with Crippen LogP contribution in [0, 0.1) is 0 Å². The first kappa shape index (κ1) is 38.0. The maximum atomic E-state index is 4.95. The second-order valence-electron chi connectivity index (χ2n) is 16.8. The fourth-order valence-corrected chi connectivity index (χ4v) is 9.29. The molecule has 0 saturated heterocycles. The summed E-state index contributed by atoms with van der Waals surface area (Å²) in [6, 6.07) is 80.2. The van der Waals surface area contributed by atoms with Crippen LogP contribution in [0.4, 0.5) is 0 Å². The van der Waals surface area contributed by atoms with Crippen LogP contribution in [0.1, 0.15) is 25.0 Å². The lowest BCUT2D eigenvalue weighted by molar-refractivity contribution is 0.660. The molecule has 9 aromatic carbocycles. The van der Waals surface area contributed by atoms with E-state index in [4.69, 9.17) is 15.0 Å². The van der Waals surface area contributed by atoms with Gasteiger partial charge in [0.2, 0.25) is 0 Å². The van der Waals surface area contributed by atoms with Crippen molar-refractivity contribution in [2.24, 2.45) is 0 Å². The molecule has 1 aliphatic carbocycles. The van der Waals surface area contributed by atoms with Crippen LogP contribution in [-0.2, 0) is 5.41 Å². The smallest absolute Gasteiger partial charge is 0.164 e. The highest BCUT2D eigenvalue weighted by Crippen LogP contribution is 2.51. The van der Waals surface area contributed by atoms with Crippen LogP contribution in [0.5, 0.6) is 0 Å². The summed E-state index contributed by atoms with van der Waals surface area (Å²) in [5.74, 6) is 1.95. The molecule has 1 heterocycles. The Balaban J connectivity index is 1.00. The molecule has 0 spiro atoms. The van der Waals surface area contributed by atoms with Crippen molar-refractivity contribution in [3.05, 3.63) is 236 Å². The summed E-state index contributed by atoms with van der Waals surface area (Å²) in [5, 5.41) is 0. The molecule has 11 rings (SSSR count). The Morgan fingerprint density at radius 1 is 0.254 bits per heavy atom. The molecule has 3 heteroatoms. The summed E-state index contributed by atoms with van der Waals surface area (Å²) < 4.78 is 0. The van der Waals surface area contributed by atoms with Gasteiger partial charge < -0.3 is 0 Å². The molecule has 0 fully saturated rings. The van der Waals surface area contributed by atoms with E-state index in [9.17, 15) is 0 Å². The molecule has 298 valence electrons. The number of hydrogen-bond donors (Lipinski definition) is 0. The molecule has 3 nitrogen and oxygen atoms in total. The molecule has 0 amide bonds. The predicted molar refractivity (Wildman–Crippen MR) is 261 cm³/mol. The van der Waals surface area contributed by atoms with E-state index in [1.54, 1.807) is 0 Å². The fourth-order valence-electron chi connectivity index (χ4n) is 9.29. The number of benzene rings is 9. The van der Waals surface area contributed by atoms with Crippen molar-refractivity contribution in [3.8, 4) is 101 Å². The first-order valence-corrected chi connectivity index (χ1v) is 21.6. The zero-order valence-electron chi connectivity index (χ0n) is 35.2. The molecule has 0 bridgehead atoms. The van der Waals surface area contributed by atoms with E-state index in [1.165, 1.54) is 61.2 Å². The number of fused-ring (bicyclic) bond motifs is 3. The minimum absolute atomic E-state index is 0.0591. The van der Waals surface area contributed by atoms with Gasteiger partial charge in [-0.25, -0.2) is 15.0 Å². The summed E-state index contributed by atoms with van der Waals surface area (Å²) in [6.45, 7) is 4.69. The van der Waals surface area contributed by atoms with E-state index < -0.39 is 0 Å². The highest BCUT2D eigenvalue weighted by atomic mass is 15.0. The first-order valence-electron chi connectivity index (χ1n) is 21.6. The molecule has 63 heavy (non-hydrogen) atoms. The monoisotopic (exact) mass is 805 g/mol. The van der Waals surface area contributed by atoms with Gasteiger partial charge in [0.1, 0.15) is 0 Å². The van der Waals surface area contributed by atoms with Gasteiger partial charge in [-0.1, -0.05) is 220 Å². The van der Waals surface area contributed by atoms with E-state index in [1.807, 2.05) is 60.7 Å². The molecule has 0 aliphatic heterocycles. The van der Waals surface area contributed by atoms with Crippen molar-refractivity contribution in [1.29, 1.82) is 0 Å². The third kappa shape index (κ3) is 7.04. The van der Waals surface area contributed by atoms with Crippen LogP contribution in [0.25, 0.3) is 101 Å². The molecular weight excluding hydrogens is 763 g/mol. The highest BCUT2D eigenvalue weighted by Gasteiger charge is 2.35. The SMILES string of the molecule is CC1(C)c2ccccc2-c2cc(-c3cc(-c4ccccc4)cc(-c4ccc(-c5ccc(-c6nc(-c7ccccc7)nc(-c7ccccc7)n6)cc5)cc4)c3-c3ccccc3)ccc21. The Labute approximate surface area is 369 Å². The van der Waals surface area contributed by atoms with Gasteiger partial charge in [0.15, 0.2) is 17.5 Å². The van der Waals surface area contributed by atoms with Crippen molar-refractivity contribution in [1.82, 2.24) is 15.0 Å². The Bertz CT molecular complexity index is 3190. The van der Waals surface area contributed by atoms with Crippen molar-refractivity contribution in [2.45, 2.75) is 19.3 Å². The predicted octanol–water partition coefficient (Wildman–Crippen LogP) is 15.5. The van der Waals surface area contributed by atoms with Crippen LogP contribution in [0.3, 0.4) is 0 Å².